The molecule has 3 nitrogen and oxygen atoms in total. The molecule has 0 bridgehead atoms. The van der Waals surface area contributed by atoms with Gasteiger partial charge in [-0.05, 0) is 41.1 Å². The lowest BCUT2D eigenvalue weighted by atomic mass is 9.95. The van der Waals surface area contributed by atoms with Gasteiger partial charge in [0.1, 0.15) is 16.2 Å². The third kappa shape index (κ3) is 2.54. The van der Waals surface area contributed by atoms with E-state index in [1.54, 1.807) is 0 Å². The largest absolute Gasteiger partial charge is 0.356 e. The Bertz CT molecular complexity index is 358. The Balaban J connectivity index is 2.14. The molecule has 1 aliphatic rings. The van der Waals surface area contributed by atoms with E-state index in [4.69, 9.17) is 0 Å². The molecule has 0 amide bonds. The van der Waals surface area contributed by atoms with Crippen LogP contribution in [0.4, 0.5) is 5.82 Å². The minimum absolute atomic E-state index is 0.761. The Morgan fingerprint density at radius 3 is 2.75 bits per heavy atom. The van der Waals surface area contributed by atoms with Gasteiger partial charge >= 0.3 is 0 Å². The lowest BCUT2D eigenvalue weighted by molar-refractivity contribution is 0.422. The predicted octanol–water partition coefficient (Wildman–Crippen LogP) is 3.03. The molecule has 1 atom stereocenters. The van der Waals surface area contributed by atoms with Gasteiger partial charge in [-0.15, -0.1) is 0 Å². The van der Waals surface area contributed by atoms with Crippen LogP contribution in [0.3, 0.4) is 0 Å². The highest BCUT2D eigenvalue weighted by atomic mass is 79.9. The molecule has 0 radical (unpaired) electrons. The molecule has 0 saturated carbocycles. The summed E-state index contributed by atoms with van der Waals surface area (Å²) in [6, 6.07) is 2.01. The number of aromatic nitrogens is 2. The molecule has 88 valence electrons. The normalized spacial score (nSPS) is 20.8. The number of nitrogens with zero attached hydrogens (tertiary/aromatic N) is 3. The zero-order valence-corrected chi connectivity index (χ0v) is 11.7. The first kappa shape index (κ1) is 11.8. The maximum absolute atomic E-state index is 4.49. The molecule has 2 heterocycles. The number of rotatable bonds is 2. The average Bonchev–Trinajstić information content (AvgIpc) is 2.64. The maximum Gasteiger partial charge on any atom is 0.133 e. The first-order chi connectivity index (χ1) is 7.56. The first-order valence-corrected chi connectivity index (χ1v) is 6.61. The second-order valence-electron chi connectivity index (χ2n) is 4.83. The summed E-state index contributed by atoms with van der Waals surface area (Å²) in [5.41, 5.74) is 0. The molecule has 0 N–H and O–H groups in total. The van der Waals surface area contributed by atoms with Crippen molar-refractivity contribution in [3.63, 3.8) is 0 Å². The number of hydrogen-bond donors (Lipinski definition) is 0. The Labute approximate surface area is 105 Å². The SMILES string of the molecule is Cc1nc(Br)cc(N2CCC(C(C)C)C2)n1. The summed E-state index contributed by atoms with van der Waals surface area (Å²) in [7, 11) is 0. The third-order valence-corrected chi connectivity index (χ3v) is 3.69. The molecule has 16 heavy (non-hydrogen) atoms. The average molecular weight is 284 g/mol. The minimum atomic E-state index is 0.761. The molecular weight excluding hydrogens is 266 g/mol. The summed E-state index contributed by atoms with van der Waals surface area (Å²) in [6.45, 7) is 8.78. The van der Waals surface area contributed by atoms with Gasteiger partial charge in [-0.1, -0.05) is 13.8 Å². The van der Waals surface area contributed by atoms with E-state index in [9.17, 15) is 0 Å². The lowest BCUT2D eigenvalue weighted by Crippen LogP contribution is -2.22. The highest BCUT2D eigenvalue weighted by Crippen LogP contribution is 2.28. The van der Waals surface area contributed by atoms with Gasteiger partial charge in [-0.2, -0.15) is 0 Å². The van der Waals surface area contributed by atoms with Crippen LogP contribution in [0.25, 0.3) is 0 Å². The molecule has 0 aliphatic carbocycles. The van der Waals surface area contributed by atoms with Crippen molar-refractivity contribution < 1.29 is 0 Å². The van der Waals surface area contributed by atoms with E-state index in [1.165, 1.54) is 6.42 Å². The topological polar surface area (TPSA) is 29.0 Å². The van der Waals surface area contributed by atoms with Crippen LogP contribution >= 0.6 is 15.9 Å². The molecular formula is C12H18BrN3. The quantitative estimate of drug-likeness (QED) is 0.782. The fourth-order valence-electron chi connectivity index (χ4n) is 2.22. The minimum Gasteiger partial charge on any atom is -0.356 e. The van der Waals surface area contributed by atoms with Crippen LogP contribution in [-0.2, 0) is 0 Å². The van der Waals surface area contributed by atoms with Crippen LogP contribution in [-0.4, -0.2) is 23.1 Å². The Kier molecular flexibility index (Phi) is 3.47. The second-order valence-corrected chi connectivity index (χ2v) is 5.65. The van der Waals surface area contributed by atoms with E-state index in [0.29, 0.717) is 0 Å². The monoisotopic (exact) mass is 283 g/mol. The van der Waals surface area contributed by atoms with Gasteiger partial charge in [-0.3, -0.25) is 0 Å². The fraction of sp³-hybridized carbons (Fsp3) is 0.667. The summed E-state index contributed by atoms with van der Waals surface area (Å²) >= 11 is 3.43. The van der Waals surface area contributed by atoms with Crippen LogP contribution in [0.2, 0.25) is 0 Å². The summed E-state index contributed by atoms with van der Waals surface area (Å²) in [5, 5.41) is 0. The molecule has 1 unspecified atom stereocenters. The van der Waals surface area contributed by atoms with Crippen molar-refractivity contribution in [1.29, 1.82) is 0 Å². The van der Waals surface area contributed by atoms with Gasteiger partial charge in [0.2, 0.25) is 0 Å². The molecule has 1 saturated heterocycles. The highest BCUT2D eigenvalue weighted by molar-refractivity contribution is 9.10. The van der Waals surface area contributed by atoms with Crippen LogP contribution < -0.4 is 4.90 Å². The van der Waals surface area contributed by atoms with E-state index < -0.39 is 0 Å². The van der Waals surface area contributed by atoms with Gasteiger partial charge in [-0.25, -0.2) is 9.97 Å². The van der Waals surface area contributed by atoms with E-state index in [1.807, 2.05) is 13.0 Å². The van der Waals surface area contributed by atoms with Crippen molar-refractivity contribution in [3.05, 3.63) is 16.5 Å². The van der Waals surface area contributed by atoms with E-state index >= 15 is 0 Å². The van der Waals surface area contributed by atoms with E-state index in [2.05, 4.69) is 44.6 Å². The molecule has 0 aromatic carbocycles. The zero-order chi connectivity index (χ0) is 11.7. The third-order valence-electron chi connectivity index (χ3n) is 3.28. The number of hydrogen-bond acceptors (Lipinski definition) is 3. The highest BCUT2D eigenvalue weighted by Gasteiger charge is 2.25. The Morgan fingerprint density at radius 1 is 1.44 bits per heavy atom. The fourth-order valence-corrected chi connectivity index (χ4v) is 2.68. The number of aryl methyl sites for hydroxylation is 1. The van der Waals surface area contributed by atoms with Crippen LogP contribution in [0.1, 0.15) is 26.1 Å². The van der Waals surface area contributed by atoms with Crippen molar-refractivity contribution in [3.8, 4) is 0 Å². The van der Waals surface area contributed by atoms with Gasteiger partial charge in [0, 0.05) is 19.2 Å². The summed E-state index contributed by atoms with van der Waals surface area (Å²) in [5.74, 6) is 3.45. The predicted molar refractivity (Wildman–Crippen MR) is 69.6 cm³/mol. The lowest BCUT2D eigenvalue weighted by Gasteiger charge is -2.19. The summed E-state index contributed by atoms with van der Waals surface area (Å²) < 4.78 is 0.878. The van der Waals surface area contributed by atoms with Gasteiger partial charge in [0.05, 0.1) is 0 Å². The van der Waals surface area contributed by atoms with Crippen molar-refractivity contribution in [2.45, 2.75) is 27.2 Å². The van der Waals surface area contributed by atoms with Gasteiger partial charge in [0.25, 0.3) is 0 Å². The number of halogens is 1. The summed E-state index contributed by atoms with van der Waals surface area (Å²) in [4.78, 5) is 11.1. The molecule has 4 heteroatoms. The Hall–Kier alpha value is -0.640. The second kappa shape index (κ2) is 4.70. The maximum atomic E-state index is 4.49. The zero-order valence-electron chi connectivity index (χ0n) is 10.1. The molecule has 1 aliphatic heterocycles. The first-order valence-electron chi connectivity index (χ1n) is 5.82. The van der Waals surface area contributed by atoms with E-state index in [-0.39, 0.29) is 0 Å². The van der Waals surface area contributed by atoms with Crippen molar-refractivity contribution in [1.82, 2.24) is 9.97 Å². The van der Waals surface area contributed by atoms with E-state index in [0.717, 1.165) is 41.2 Å². The van der Waals surface area contributed by atoms with Gasteiger partial charge in [0.15, 0.2) is 0 Å². The van der Waals surface area contributed by atoms with Crippen LogP contribution in [0.5, 0.6) is 0 Å². The molecule has 1 fully saturated rings. The Morgan fingerprint density at radius 2 is 2.19 bits per heavy atom. The molecule has 1 aromatic rings. The van der Waals surface area contributed by atoms with Crippen molar-refractivity contribution in [2.24, 2.45) is 11.8 Å². The standard InChI is InChI=1S/C12H18BrN3/c1-8(2)10-4-5-16(7-10)12-6-11(13)14-9(3)15-12/h6,8,10H,4-5,7H2,1-3H3. The van der Waals surface area contributed by atoms with Crippen molar-refractivity contribution in [2.75, 3.05) is 18.0 Å². The van der Waals surface area contributed by atoms with Crippen molar-refractivity contribution >= 4 is 21.7 Å². The number of anilines is 1. The molecule has 1 aromatic heterocycles. The van der Waals surface area contributed by atoms with Crippen LogP contribution in [0, 0.1) is 18.8 Å². The molecule has 0 spiro atoms. The van der Waals surface area contributed by atoms with Gasteiger partial charge < -0.3 is 4.90 Å². The smallest absolute Gasteiger partial charge is 0.133 e. The summed E-state index contributed by atoms with van der Waals surface area (Å²) in [6.07, 6.45) is 1.28. The molecule has 2 rings (SSSR count). The van der Waals surface area contributed by atoms with Crippen LogP contribution in [0.15, 0.2) is 10.7 Å².